The maximum Gasteiger partial charge on any atom is 0.458 e. The first-order chi connectivity index (χ1) is 13.9. The number of hydrogen-bond donors (Lipinski definition) is 0. The molecule has 0 saturated heterocycles. The predicted molar refractivity (Wildman–Crippen MR) is 87.5 cm³/mol. The van der Waals surface area contributed by atoms with Crippen LogP contribution in [-0.4, -0.2) is 29.9 Å². The van der Waals surface area contributed by atoms with E-state index in [-0.39, 0.29) is 25.0 Å². The molecule has 31 heavy (non-hydrogen) atoms. The average molecular weight is 498 g/mol. The van der Waals surface area contributed by atoms with Gasteiger partial charge in [0.05, 0.1) is 7.92 Å². The Labute approximate surface area is 169 Å². The third-order valence-electron chi connectivity index (χ3n) is 4.11. The minimum absolute atomic E-state index is 0.0659. The molecule has 0 amide bonds. The number of benzene rings is 1. The van der Waals surface area contributed by atoms with E-state index in [9.17, 15) is 57.1 Å². The summed E-state index contributed by atoms with van der Waals surface area (Å²) in [6, 6.07) is 0.0962. The van der Waals surface area contributed by atoms with Gasteiger partial charge in [-0.05, 0) is 31.0 Å². The molecule has 0 aliphatic rings. The highest BCUT2D eigenvalue weighted by atomic mass is 31.1. The van der Waals surface area contributed by atoms with Gasteiger partial charge in [0, 0.05) is 11.7 Å². The second-order valence-corrected chi connectivity index (χ2v) is 8.90. The van der Waals surface area contributed by atoms with E-state index in [2.05, 4.69) is 0 Å². The van der Waals surface area contributed by atoms with Crippen molar-refractivity contribution < 1.29 is 57.1 Å². The lowest BCUT2D eigenvalue weighted by molar-refractivity contribution is -0.243. The molecule has 0 radical (unpaired) electrons. The maximum atomic E-state index is 14.5. The van der Waals surface area contributed by atoms with Gasteiger partial charge in [0.2, 0.25) is 0 Å². The van der Waals surface area contributed by atoms with Gasteiger partial charge in [-0.3, -0.25) is 0 Å². The van der Waals surface area contributed by atoms with Crippen molar-refractivity contribution in [3.63, 3.8) is 0 Å². The van der Waals surface area contributed by atoms with Crippen LogP contribution >= 0.6 is 7.92 Å². The quantitative estimate of drug-likeness (QED) is 0.174. The molecule has 2 atom stereocenters. The molecule has 1 rings (SSSR count). The maximum absolute atomic E-state index is 14.5. The zero-order valence-corrected chi connectivity index (χ0v) is 16.3. The summed E-state index contributed by atoms with van der Waals surface area (Å²) in [4.78, 5) is 0. The first kappa shape index (κ1) is 27.8. The molecule has 0 fully saturated rings. The zero-order chi connectivity index (χ0) is 24.3. The average Bonchev–Trinajstić information content (AvgIpc) is 2.58. The largest absolute Gasteiger partial charge is 0.458 e. The van der Waals surface area contributed by atoms with Gasteiger partial charge >= 0.3 is 23.7 Å². The SMILES string of the molecule is Fc1ccc(F)c(P(C(F)(F)C(F)CCCCCCC(F)(F)F)C(F)(F)C(F)(F)F)c1. The Hall–Kier alpha value is -1.26. The highest BCUT2D eigenvalue weighted by Crippen LogP contribution is 2.68. The molecule has 14 heteroatoms. The summed E-state index contributed by atoms with van der Waals surface area (Å²) in [7, 11) is -5.28. The number of rotatable bonds is 10. The van der Waals surface area contributed by atoms with Crippen LogP contribution in [0.25, 0.3) is 0 Å². The molecule has 1 aromatic carbocycles. The highest BCUT2D eigenvalue weighted by Gasteiger charge is 2.71. The molecular formula is C17H16F13P. The summed E-state index contributed by atoms with van der Waals surface area (Å²) >= 11 is 0. The standard InChI is InChI=1S/C17H16F13P/c18-10-6-7-11(19)12(9-10)31(17(29,30)16(26,27)28)15(24,25)13(20)5-3-1-2-4-8-14(21,22)23/h6-7,9,13H,1-5,8H2. The van der Waals surface area contributed by atoms with E-state index in [1.807, 2.05) is 0 Å². The second-order valence-electron chi connectivity index (χ2n) is 6.59. The zero-order valence-electron chi connectivity index (χ0n) is 15.4. The van der Waals surface area contributed by atoms with Crippen LogP contribution in [0.5, 0.6) is 0 Å². The van der Waals surface area contributed by atoms with Crippen LogP contribution in [0, 0.1) is 11.6 Å². The Bertz CT molecular complexity index is 711. The molecule has 0 bridgehead atoms. The van der Waals surface area contributed by atoms with E-state index in [1.54, 1.807) is 0 Å². The van der Waals surface area contributed by atoms with Gasteiger partial charge < -0.3 is 0 Å². The summed E-state index contributed by atoms with van der Waals surface area (Å²) in [5, 5.41) is -1.99. The summed E-state index contributed by atoms with van der Waals surface area (Å²) in [5.41, 5.74) is -11.7. The second kappa shape index (κ2) is 10.1. The first-order valence-corrected chi connectivity index (χ1v) is 10.0. The van der Waals surface area contributed by atoms with Crippen molar-refractivity contribution in [1.29, 1.82) is 0 Å². The Balaban J connectivity index is 3.07. The number of alkyl halides is 11. The third kappa shape index (κ3) is 7.39. The number of unbranched alkanes of at least 4 members (excludes halogenated alkanes) is 3. The van der Waals surface area contributed by atoms with Crippen LogP contribution in [0.15, 0.2) is 18.2 Å². The van der Waals surface area contributed by atoms with Crippen molar-refractivity contribution in [2.45, 2.75) is 68.4 Å². The van der Waals surface area contributed by atoms with E-state index < -0.39 is 80.4 Å². The van der Waals surface area contributed by atoms with Crippen LogP contribution in [0.4, 0.5) is 57.1 Å². The van der Waals surface area contributed by atoms with Crippen LogP contribution in [-0.2, 0) is 0 Å². The fourth-order valence-electron chi connectivity index (χ4n) is 2.60. The Morgan fingerprint density at radius 2 is 1.32 bits per heavy atom. The van der Waals surface area contributed by atoms with E-state index in [0.717, 1.165) is 0 Å². The number of hydrogen-bond acceptors (Lipinski definition) is 0. The molecule has 2 unspecified atom stereocenters. The van der Waals surface area contributed by atoms with Crippen molar-refractivity contribution in [3.8, 4) is 0 Å². The van der Waals surface area contributed by atoms with Gasteiger partial charge in [-0.1, -0.05) is 19.3 Å². The van der Waals surface area contributed by atoms with Crippen molar-refractivity contribution in [3.05, 3.63) is 29.8 Å². The van der Waals surface area contributed by atoms with E-state index in [1.165, 1.54) is 0 Å². The molecule has 0 N–H and O–H groups in total. The van der Waals surface area contributed by atoms with Crippen LogP contribution < -0.4 is 5.30 Å². The van der Waals surface area contributed by atoms with Gasteiger partial charge in [-0.15, -0.1) is 0 Å². The number of halogens is 13. The smallest absolute Gasteiger partial charge is 0.240 e. The van der Waals surface area contributed by atoms with Gasteiger partial charge in [-0.25, -0.2) is 13.2 Å². The monoisotopic (exact) mass is 498 g/mol. The van der Waals surface area contributed by atoms with Crippen molar-refractivity contribution in [1.82, 2.24) is 0 Å². The molecule has 0 heterocycles. The van der Waals surface area contributed by atoms with Crippen molar-refractivity contribution in [2.24, 2.45) is 0 Å². The topological polar surface area (TPSA) is 0 Å². The van der Waals surface area contributed by atoms with E-state index in [4.69, 9.17) is 0 Å². The van der Waals surface area contributed by atoms with Gasteiger partial charge in [0.1, 0.15) is 11.6 Å². The lowest BCUT2D eigenvalue weighted by Crippen LogP contribution is -2.46. The van der Waals surface area contributed by atoms with Gasteiger partial charge in [0.15, 0.2) is 6.17 Å². The Kier molecular flexibility index (Phi) is 9.07. The Morgan fingerprint density at radius 3 is 1.84 bits per heavy atom. The predicted octanol–water partition coefficient (Wildman–Crippen LogP) is 8.06. The summed E-state index contributed by atoms with van der Waals surface area (Å²) < 4.78 is 172. The highest BCUT2D eigenvalue weighted by molar-refractivity contribution is 7.68. The molecule has 0 saturated carbocycles. The summed E-state index contributed by atoms with van der Waals surface area (Å²) in [5.74, 6) is -3.58. The molecular weight excluding hydrogens is 482 g/mol. The van der Waals surface area contributed by atoms with Crippen LogP contribution in [0.2, 0.25) is 0 Å². The summed E-state index contributed by atoms with van der Waals surface area (Å²) in [6.07, 6.45) is -18.5. The van der Waals surface area contributed by atoms with Crippen molar-refractivity contribution in [2.75, 3.05) is 0 Å². The van der Waals surface area contributed by atoms with E-state index >= 15 is 0 Å². The Morgan fingerprint density at radius 1 is 0.774 bits per heavy atom. The third-order valence-corrected chi connectivity index (χ3v) is 6.63. The lowest BCUT2D eigenvalue weighted by Gasteiger charge is -2.36. The normalized spacial score (nSPS) is 15.8. The van der Waals surface area contributed by atoms with Gasteiger partial charge in [-0.2, -0.15) is 43.9 Å². The van der Waals surface area contributed by atoms with Crippen LogP contribution in [0.3, 0.4) is 0 Å². The molecule has 0 nitrogen and oxygen atoms in total. The molecule has 0 aromatic heterocycles. The molecule has 0 aliphatic heterocycles. The fourth-order valence-corrected chi connectivity index (χ4v) is 4.80. The molecule has 1 aromatic rings. The fraction of sp³-hybridized carbons (Fsp3) is 0.647. The minimum Gasteiger partial charge on any atom is -0.240 e. The lowest BCUT2D eigenvalue weighted by atomic mass is 10.1. The van der Waals surface area contributed by atoms with Gasteiger partial charge in [0.25, 0.3) is 0 Å². The molecule has 0 aliphatic carbocycles. The molecule has 180 valence electrons. The minimum atomic E-state index is -6.61. The molecule has 0 spiro atoms. The van der Waals surface area contributed by atoms with Crippen molar-refractivity contribution >= 4 is 13.2 Å². The summed E-state index contributed by atoms with van der Waals surface area (Å²) in [6.45, 7) is 0. The van der Waals surface area contributed by atoms with E-state index in [0.29, 0.717) is 6.07 Å². The first-order valence-electron chi connectivity index (χ1n) is 8.70. The van der Waals surface area contributed by atoms with Crippen LogP contribution in [0.1, 0.15) is 38.5 Å².